The first-order valence-corrected chi connectivity index (χ1v) is 7.32. The highest BCUT2D eigenvalue weighted by Crippen LogP contribution is 2.11. The van der Waals surface area contributed by atoms with Crippen LogP contribution in [0.4, 0.5) is 10.1 Å². The number of hydrogen-bond donors (Lipinski definition) is 2. The number of anilines is 1. The average molecular weight is 315 g/mol. The Kier molecular flexibility index (Phi) is 5.41. The van der Waals surface area contributed by atoms with Crippen molar-refractivity contribution in [3.63, 3.8) is 0 Å². The van der Waals surface area contributed by atoms with Crippen LogP contribution in [0.5, 0.6) is 0 Å². The number of nitrogens with zero attached hydrogens (tertiary/aromatic N) is 1. The molecule has 0 radical (unpaired) electrons. The van der Waals surface area contributed by atoms with Crippen LogP contribution in [0.3, 0.4) is 0 Å². The fourth-order valence-electron chi connectivity index (χ4n) is 1.83. The van der Waals surface area contributed by atoms with Crippen molar-refractivity contribution in [1.29, 1.82) is 0 Å². The van der Waals surface area contributed by atoms with E-state index in [1.165, 1.54) is 42.7 Å². The van der Waals surface area contributed by atoms with E-state index in [-0.39, 0.29) is 23.3 Å². The standard InChI is InChI=1S/C17H18FN3O2/c1-3-11(2)20-16(22)12-8-13(10-19-9-12)17(23)21-15-6-4-14(18)5-7-15/h4-11H,3H2,1-2H3,(H,20,22)(H,21,23). The monoisotopic (exact) mass is 315 g/mol. The summed E-state index contributed by atoms with van der Waals surface area (Å²) < 4.78 is 12.9. The van der Waals surface area contributed by atoms with Crippen LogP contribution in [0, 0.1) is 5.82 Å². The van der Waals surface area contributed by atoms with Crippen LogP contribution >= 0.6 is 0 Å². The summed E-state index contributed by atoms with van der Waals surface area (Å²) >= 11 is 0. The Bertz CT molecular complexity index is 701. The minimum absolute atomic E-state index is 0.0409. The van der Waals surface area contributed by atoms with Gasteiger partial charge in [0.1, 0.15) is 5.82 Å². The molecule has 0 saturated heterocycles. The molecule has 0 aliphatic heterocycles. The third-order valence-corrected chi connectivity index (χ3v) is 3.35. The number of benzene rings is 1. The molecule has 1 unspecified atom stereocenters. The zero-order valence-electron chi connectivity index (χ0n) is 13.0. The number of amides is 2. The maximum atomic E-state index is 12.9. The molecular weight excluding hydrogens is 297 g/mol. The predicted octanol–water partition coefficient (Wildman–Crippen LogP) is 3.00. The molecule has 2 rings (SSSR count). The van der Waals surface area contributed by atoms with Crippen LogP contribution in [-0.2, 0) is 0 Å². The van der Waals surface area contributed by atoms with Gasteiger partial charge in [0.15, 0.2) is 0 Å². The number of nitrogens with one attached hydrogen (secondary N) is 2. The lowest BCUT2D eigenvalue weighted by Crippen LogP contribution is -2.32. The number of pyridine rings is 1. The maximum absolute atomic E-state index is 12.9. The lowest BCUT2D eigenvalue weighted by molar-refractivity contribution is 0.0939. The molecule has 6 heteroatoms. The molecule has 5 nitrogen and oxygen atoms in total. The van der Waals surface area contributed by atoms with Gasteiger partial charge in [-0.3, -0.25) is 14.6 Å². The van der Waals surface area contributed by atoms with Gasteiger partial charge in [-0.2, -0.15) is 0 Å². The van der Waals surface area contributed by atoms with Gasteiger partial charge >= 0.3 is 0 Å². The highest BCUT2D eigenvalue weighted by atomic mass is 19.1. The molecule has 0 aliphatic carbocycles. The molecule has 1 atom stereocenters. The lowest BCUT2D eigenvalue weighted by atomic mass is 10.1. The van der Waals surface area contributed by atoms with Crippen LogP contribution in [-0.4, -0.2) is 22.8 Å². The highest BCUT2D eigenvalue weighted by molar-refractivity contribution is 6.05. The maximum Gasteiger partial charge on any atom is 0.257 e. The summed E-state index contributed by atoms with van der Waals surface area (Å²) in [5.41, 5.74) is 1.04. The number of hydrogen-bond acceptors (Lipinski definition) is 3. The van der Waals surface area contributed by atoms with Crippen molar-refractivity contribution in [1.82, 2.24) is 10.3 Å². The number of halogens is 1. The van der Waals surface area contributed by atoms with Crippen molar-refractivity contribution in [3.8, 4) is 0 Å². The molecule has 1 aromatic heterocycles. The second-order valence-corrected chi connectivity index (χ2v) is 5.21. The Morgan fingerprint density at radius 3 is 2.35 bits per heavy atom. The molecule has 2 N–H and O–H groups in total. The number of carbonyl (C=O) groups excluding carboxylic acids is 2. The van der Waals surface area contributed by atoms with Crippen molar-refractivity contribution >= 4 is 17.5 Å². The van der Waals surface area contributed by atoms with E-state index in [2.05, 4.69) is 15.6 Å². The summed E-state index contributed by atoms with van der Waals surface area (Å²) in [4.78, 5) is 28.2. The van der Waals surface area contributed by atoms with E-state index >= 15 is 0 Å². The molecule has 0 spiro atoms. The molecule has 2 amide bonds. The summed E-state index contributed by atoms with van der Waals surface area (Å²) in [6, 6.07) is 6.94. The molecule has 2 aromatic rings. The largest absolute Gasteiger partial charge is 0.350 e. The molecule has 23 heavy (non-hydrogen) atoms. The van der Waals surface area contributed by atoms with Crippen molar-refractivity contribution < 1.29 is 14.0 Å². The van der Waals surface area contributed by atoms with Crippen LogP contribution in [0.15, 0.2) is 42.7 Å². The van der Waals surface area contributed by atoms with Gasteiger partial charge < -0.3 is 10.6 Å². The summed E-state index contributed by atoms with van der Waals surface area (Å²) in [6.07, 6.45) is 3.59. The van der Waals surface area contributed by atoms with Crippen LogP contribution in [0.1, 0.15) is 41.0 Å². The summed E-state index contributed by atoms with van der Waals surface area (Å²) in [5, 5.41) is 5.44. The molecule has 120 valence electrons. The van der Waals surface area contributed by atoms with Gasteiger partial charge in [-0.25, -0.2) is 4.39 Å². The summed E-state index contributed by atoms with van der Waals surface area (Å²) in [7, 11) is 0. The second kappa shape index (κ2) is 7.49. The average Bonchev–Trinajstić information content (AvgIpc) is 2.56. The summed E-state index contributed by atoms with van der Waals surface area (Å²) in [5.74, 6) is -1.07. The van der Waals surface area contributed by atoms with Gasteiger partial charge in [-0.1, -0.05) is 6.92 Å². The van der Waals surface area contributed by atoms with Crippen molar-refractivity contribution in [2.24, 2.45) is 0 Å². The van der Waals surface area contributed by atoms with E-state index in [0.717, 1.165) is 6.42 Å². The zero-order valence-corrected chi connectivity index (χ0v) is 13.0. The molecular formula is C17H18FN3O2. The van der Waals surface area contributed by atoms with E-state index in [1.807, 2.05) is 13.8 Å². The van der Waals surface area contributed by atoms with E-state index in [9.17, 15) is 14.0 Å². The number of aromatic nitrogens is 1. The molecule has 0 aliphatic rings. The van der Waals surface area contributed by atoms with Gasteiger partial charge in [-0.15, -0.1) is 0 Å². The predicted molar refractivity (Wildman–Crippen MR) is 85.8 cm³/mol. The number of rotatable bonds is 5. The third-order valence-electron chi connectivity index (χ3n) is 3.35. The Morgan fingerprint density at radius 2 is 1.74 bits per heavy atom. The fourth-order valence-corrected chi connectivity index (χ4v) is 1.83. The van der Waals surface area contributed by atoms with Crippen LogP contribution < -0.4 is 10.6 Å². The first-order valence-electron chi connectivity index (χ1n) is 7.32. The molecule has 0 saturated carbocycles. The Labute approximate surface area is 133 Å². The Hall–Kier alpha value is -2.76. The van der Waals surface area contributed by atoms with Gasteiger partial charge in [0, 0.05) is 24.1 Å². The van der Waals surface area contributed by atoms with Crippen molar-refractivity contribution in [2.75, 3.05) is 5.32 Å². The minimum atomic E-state index is -0.415. The van der Waals surface area contributed by atoms with Gasteiger partial charge in [0.25, 0.3) is 11.8 Å². The molecule has 0 bridgehead atoms. The van der Waals surface area contributed by atoms with Gasteiger partial charge in [0.05, 0.1) is 11.1 Å². The van der Waals surface area contributed by atoms with Crippen LogP contribution in [0.25, 0.3) is 0 Å². The van der Waals surface area contributed by atoms with Crippen molar-refractivity contribution in [3.05, 3.63) is 59.7 Å². The minimum Gasteiger partial charge on any atom is -0.350 e. The molecule has 0 fully saturated rings. The topological polar surface area (TPSA) is 71.1 Å². The second-order valence-electron chi connectivity index (χ2n) is 5.21. The van der Waals surface area contributed by atoms with E-state index in [0.29, 0.717) is 11.3 Å². The SMILES string of the molecule is CCC(C)NC(=O)c1cncc(C(=O)Nc2ccc(F)cc2)c1. The van der Waals surface area contributed by atoms with Gasteiger partial charge in [-0.05, 0) is 43.7 Å². The Balaban J connectivity index is 2.10. The number of carbonyl (C=O) groups is 2. The zero-order chi connectivity index (χ0) is 16.8. The van der Waals surface area contributed by atoms with Gasteiger partial charge in [0.2, 0.25) is 0 Å². The fraction of sp³-hybridized carbons (Fsp3) is 0.235. The highest BCUT2D eigenvalue weighted by Gasteiger charge is 2.13. The van der Waals surface area contributed by atoms with E-state index in [1.54, 1.807) is 0 Å². The quantitative estimate of drug-likeness (QED) is 0.891. The molecule has 1 aromatic carbocycles. The first-order chi connectivity index (χ1) is 11.0. The van der Waals surface area contributed by atoms with E-state index < -0.39 is 5.91 Å². The Morgan fingerprint density at radius 1 is 1.13 bits per heavy atom. The summed E-state index contributed by atoms with van der Waals surface area (Å²) in [6.45, 7) is 3.87. The molecule has 1 heterocycles. The normalized spacial score (nSPS) is 11.6. The third kappa shape index (κ3) is 4.60. The smallest absolute Gasteiger partial charge is 0.257 e. The van der Waals surface area contributed by atoms with Crippen molar-refractivity contribution in [2.45, 2.75) is 26.3 Å². The van der Waals surface area contributed by atoms with E-state index in [4.69, 9.17) is 0 Å². The first kappa shape index (κ1) is 16.6. The van der Waals surface area contributed by atoms with Crippen LogP contribution in [0.2, 0.25) is 0 Å². The lowest BCUT2D eigenvalue weighted by Gasteiger charge is -2.11.